The highest BCUT2D eigenvalue weighted by molar-refractivity contribution is 5.99. The Labute approximate surface area is 334 Å². The van der Waals surface area contributed by atoms with E-state index in [0.717, 1.165) is 24.8 Å². The summed E-state index contributed by atoms with van der Waals surface area (Å²) in [6, 6.07) is 5.40. The normalized spacial score (nSPS) is 17.9. The molecule has 1 aromatic carbocycles. The van der Waals surface area contributed by atoms with Crippen LogP contribution in [0.4, 0.5) is 4.79 Å². The van der Waals surface area contributed by atoms with E-state index in [9.17, 15) is 28.8 Å². The van der Waals surface area contributed by atoms with Crippen LogP contribution in [-0.4, -0.2) is 152 Å². The van der Waals surface area contributed by atoms with Crippen LogP contribution in [0.1, 0.15) is 81.8 Å². The van der Waals surface area contributed by atoms with Gasteiger partial charge in [0, 0.05) is 68.6 Å². The number of carbonyl (C=O) groups is 6. The molecular weight excluding hydrogens is 734 g/mol. The molecule has 5 amide bonds. The number of esters is 1. The zero-order valence-corrected chi connectivity index (χ0v) is 34.3. The van der Waals surface area contributed by atoms with Crippen LogP contribution in [0.3, 0.4) is 0 Å². The monoisotopic (exact) mass is 793 g/mol. The fraction of sp³-hybridized carbons (Fsp3) is 0.634. The van der Waals surface area contributed by atoms with Crippen molar-refractivity contribution in [2.45, 2.75) is 90.8 Å². The highest BCUT2D eigenvalue weighted by Crippen LogP contribution is 2.28. The van der Waals surface area contributed by atoms with Crippen LogP contribution >= 0.6 is 0 Å². The van der Waals surface area contributed by atoms with Crippen molar-refractivity contribution < 1.29 is 43.0 Å². The van der Waals surface area contributed by atoms with Crippen LogP contribution in [0.25, 0.3) is 10.9 Å². The molecule has 312 valence electrons. The summed E-state index contributed by atoms with van der Waals surface area (Å²) in [6.07, 6.45) is 3.66. The second kappa shape index (κ2) is 19.4. The van der Waals surface area contributed by atoms with Crippen molar-refractivity contribution in [3.8, 4) is 5.75 Å². The minimum Gasteiger partial charge on any atom is -0.483 e. The van der Waals surface area contributed by atoms with Crippen LogP contribution < -0.4 is 15.4 Å². The van der Waals surface area contributed by atoms with E-state index in [0.29, 0.717) is 36.8 Å². The second-order valence-corrected chi connectivity index (χ2v) is 16.3. The molecule has 16 nitrogen and oxygen atoms in total. The molecule has 3 heterocycles. The Morgan fingerprint density at radius 3 is 2.33 bits per heavy atom. The number of nitrogens with zero attached hydrogens (tertiary/aromatic N) is 5. The van der Waals surface area contributed by atoms with E-state index in [1.54, 1.807) is 28.9 Å². The van der Waals surface area contributed by atoms with Crippen molar-refractivity contribution in [2.24, 2.45) is 5.41 Å². The molecular formula is C41H59N7O9. The smallest absolute Gasteiger partial charge is 0.409 e. The lowest BCUT2D eigenvalue weighted by atomic mass is 9.93. The Morgan fingerprint density at radius 1 is 0.947 bits per heavy atom. The van der Waals surface area contributed by atoms with Crippen LogP contribution in [0.2, 0.25) is 0 Å². The van der Waals surface area contributed by atoms with Crippen molar-refractivity contribution in [2.75, 3.05) is 73.2 Å². The van der Waals surface area contributed by atoms with Gasteiger partial charge in [-0.1, -0.05) is 19.9 Å². The molecule has 3 aliphatic rings. The van der Waals surface area contributed by atoms with E-state index < -0.39 is 36.0 Å². The summed E-state index contributed by atoms with van der Waals surface area (Å²) < 4.78 is 16.8. The summed E-state index contributed by atoms with van der Waals surface area (Å²) in [6.45, 7) is 9.74. The molecule has 2 N–H and O–H groups in total. The highest BCUT2D eigenvalue weighted by Gasteiger charge is 2.36. The van der Waals surface area contributed by atoms with Crippen molar-refractivity contribution in [1.29, 1.82) is 0 Å². The fourth-order valence-electron chi connectivity index (χ4n) is 7.50. The van der Waals surface area contributed by atoms with Crippen LogP contribution in [0.5, 0.6) is 5.75 Å². The topological polar surface area (TPSA) is 180 Å². The number of likely N-dealkylation sites (tertiary alicyclic amines) is 1. The SMILES string of the molecule is CCOC(=O)N1CCN(C(=O)[C@H](CCC(=O)OCC(C)(C)CN(C)C)NC(=O)c2cc(OCC(=O)N3CCC[C@H]3C(=O)NC3CCC3)c3ccc(C)cc3n2)CC1. The number of fused-ring (bicyclic) bond motifs is 1. The number of pyridine rings is 1. The van der Waals surface area contributed by atoms with Gasteiger partial charge in [-0.05, 0) is 84.2 Å². The summed E-state index contributed by atoms with van der Waals surface area (Å²) in [5, 5.41) is 6.45. The third-order valence-electron chi connectivity index (χ3n) is 10.6. The minimum absolute atomic E-state index is 0.0362. The molecule has 0 radical (unpaired) electrons. The average molecular weight is 794 g/mol. The number of hydrogen-bond acceptors (Lipinski definition) is 11. The van der Waals surface area contributed by atoms with Gasteiger partial charge in [0.1, 0.15) is 23.5 Å². The number of aromatic nitrogens is 1. The quantitative estimate of drug-likeness (QED) is 0.239. The highest BCUT2D eigenvalue weighted by atomic mass is 16.6. The van der Waals surface area contributed by atoms with Gasteiger partial charge in [0.2, 0.25) is 11.8 Å². The Balaban J connectivity index is 1.31. The van der Waals surface area contributed by atoms with E-state index in [2.05, 4.69) is 15.6 Å². The molecule has 1 saturated carbocycles. The van der Waals surface area contributed by atoms with Crippen molar-refractivity contribution >= 4 is 46.6 Å². The third kappa shape index (κ3) is 11.8. The Kier molecular flexibility index (Phi) is 14.7. The van der Waals surface area contributed by atoms with Gasteiger partial charge in [0.15, 0.2) is 6.61 Å². The summed E-state index contributed by atoms with van der Waals surface area (Å²) in [5.74, 6) is -1.81. The first-order valence-corrected chi connectivity index (χ1v) is 20.1. The Morgan fingerprint density at radius 2 is 1.67 bits per heavy atom. The predicted molar refractivity (Wildman–Crippen MR) is 211 cm³/mol. The number of aryl methyl sites for hydroxylation is 1. The van der Waals surface area contributed by atoms with Crippen LogP contribution in [0, 0.1) is 12.3 Å². The lowest BCUT2D eigenvalue weighted by Crippen LogP contribution is -2.56. The molecule has 16 heteroatoms. The standard InChI is InChI=1S/C41H59N7O9/c1-7-55-40(54)47-20-18-46(19-21-47)39(53)30(15-16-36(50)57-26-41(3,4)25-45(5)6)44-37(51)32-23-34(29-14-13-27(2)22-31(29)43-32)56-24-35(49)48-17-9-12-33(48)38(52)42-28-10-8-11-28/h13-14,22-23,28,30,33H,7-12,15-21,24-26H2,1-6H3,(H,42,52)(H,44,51)/t30-,33-/m0/s1. The van der Waals surface area contributed by atoms with E-state index in [4.69, 9.17) is 14.2 Å². The van der Waals surface area contributed by atoms with E-state index >= 15 is 0 Å². The van der Waals surface area contributed by atoms with Crippen molar-refractivity contribution in [1.82, 2.24) is 35.2 Å². The number of benzene rings is 1. The molecule has 0 spiro atoms. The second-order valence-electron chi connectivity index (χ2n) is 16.3. The van der Waals surface area contributed by atoms with Gasteiger partial charge in [0.05, 0.1) is 18.7 Å². The summed E-state index contributed by atoms with van der Waals surface area (Å²) in [7, 11) is 3.88. The molecule has 2 atom stereocenters. The first-order chi connectivity index (χ1) is 27.1. The number of rotatable bonds is 16. The molecule has 0 bridgehead atoms. The number of nitrogens with one attached hydrogen (secondary N) is 2. The van der Waals surface area contributed by atoms with Gasteiger partial charge >= 0.3 is 12.1 Å². The minimum atomic E-state index is -1.12. The first kappa shape index (κ1) is 43.1. The molecule has 3 fully saturated rings. The Bertz CT molecular complexity index is 1790. The Hall–Kier alpha value is -4.99. The zero-order chi connectivity index (χ0) is 41.3. The average Bonchev–Trinajstić information content (AvgIpc) is 3.65. The van der Waals surface area contributed by atoms with E-state index in [-0.39, 0.29) is 93.6 Å². The van der Waals surface area contributed by atoms with Crippen molar-refractivity contribution in [3.63, 3.8) is 0 Å². The van der Waals surface area contributed by atoms with E-state index in [1.807, 2.05) is 45.8 Å². The molecule has 0 unspecified atom stereocenters. The summed E-state index contributed by atoms with van der Waals surface area (Å²) >= 11 is 0. The molecule has 5 rings (SSSR count). The number of carbonyl (C=O) groups excluding carboxylic acids is 6. The number of hydrogen-bond donors (Lipinski definition) is 2. The summed E-state index contributed by atoms with van der Waals surface area (Å²) in [4.78, 5) is 91.0. The lowest BCUT2D eigenvalue weighted by Gasteiger charge is -2.36. The molecule has 1 aliphatic carbocycles. The summed E-state index contributed by atoms with van der Waals surface area (Å²) in [5.41, 5.74) is 0.985. The molecule has 2 aromatic rings. The number of piperazine rings is 1. The van der Waals surface area contributed by atoms with Gasteiger partial charge in [0.25, 0.3) is 11.8 Å². The maximum atomic E-state index is 14.0. The third-order valence-corrected chi connectivity index (χ3v) is 10.6. The van der Waals surface area contributed by atoms with E-state index in [1.165, 1.54) is 11.0 Å². The van der Waals surface area contributed by atoms with Gasteiger partial charge in [-0.2, -0.15) is 0 Å². The first-order valence-electron chi connectivity index (χ1n) is 20.1. The molecule has 2 saturated heterocycles. The predicted octanol–water partition coefficient (Wildman–Crippen LogP) is 2.89. The van der Waals surface area contributed by atoms with Gasteiger partial charge in [-0.3, -0.25) is 24.0 Å². The van der Waals surface area contributed by atoms with Crippen molar-refractivity contribution in [3.05, 3.63) is 35.5 Å². The molecule has 2 aliphatic heterocycles. The van der Waals surface area contributed by atoms with Crippen LogP contribution in [-0.2, 0) is 28.7 Å². The maximum absolute atomic E-state index is 14.0. The zero-order valence-electron chi connectivity index (χ0n) is 34.3. The largest absolute Gasteiger partial charge is 0.483 e. The van der Waals surface area contributed by atoms with Gasteiger partial charge < -0.3 is 44.4 Å². The number of ether oxygens (including phenoxy) is 3. The number of amides is 5. The van der Waals surface area contributed by atoms with Gasteiger partial charge in [-0.25, -0.2) is 9.78 Å². The maximum Gasteiger partial charge on any atom is 0.409 e. The van der Waals surface area contributed by atoms with Crippen LogP contribution in [0.15, 0.2) is 24.3 Å². The lowest BCUT2D eigenvalue weighted by molar-refractivity contribution is -0.147. The molecule has 1 aromatic heterocycles. The molecule has 57 heavy (non-hydrogen) atoms. The fourth-order valence-corrected chi connectivity index (χ4v) is 7.50. The van der Waals surface area contributed by atoms with Gasteiger partial charge in [-0.15, -0.1) is 0 Å².